The van der Waals surface area contributed by atoms with Crippen LogP contribution in [0, 0.1) is 0 Å². The van der Waals surface area contributed by atoms with Crippen LogP contribution >= 0.6 is 0 Å². The van der Waals surface area contributed by atoms with Gasteiger partial charge in [0.25, 0.3) is 8.86 Å². The normalized spacial score (nSPS) is 14.5. The third kappa shape index (κ3) is 3.59. The van der Waals surface area contributed by atoms with Gasteiger partial charge in [0.2, 0.25) is 0 Å². The van der Waals surface area contributed by atoms with Gasteiger partial charge in [0.1, 0.15) is 0 Å². The van der Waals surface area contributed by atoms with Gasteiger partial charge >= 0.3 is 28.8 Å². The van der Waals surface area contributed by atoms with E-state index in [-0.39, 0.29) is 18.9 Å². The van der Waals surface area contributed by atoms with E-state index in [0.29, 0.717) is 0 Å². The van der Waals surface area contributed by atoms with Gasteiger partial charge in [-0.25, -0.2) is 21.0 Å². The molecule has 0 saturated heterocycles. The first-order chi connectivity index (χ1) is 6.65. The van der Waals surface area contributed by atoms with Crippen LogP contribution in [0.25, 0.3) is 0 Å². The van der Waals surface area contributed by atoms with Crippen LogP contribution in [0.3, 0.4) is 0 Å². The zero-order chi connectivity index (χ0) is 13.6. The molecule has 0 N–H and O–H groups in total. The van der Waals surface area contributed by atoms with Crippen molar-refractivity contribution in [2.75, 3.05) is 0 Å². The molecule has 0 spiro atoms. The molecule has 0 aromatic carbocycles. The SMILES string of the molecule is O=S(S(=O)(=O)C(F)(F)F)S(=O)(=O)C(F)(F)F.[Li]. The van der Waals surface area contributed by atoms with Gasteiger partial charge < -0.3 is 0 Å². The van der Waals surface area contributed by atoms with E-state index in [9.17, 15) is 47.4 Å². The standard InChI is InChI=1S/C2F6O5S3.Li/c3-1(4,5)15(10,11)14(9)16(12,13)2(6,7)8;. The Hall–Kier alpha value is 0.227. The van der Waals surface area contributed by atoms with E-state index in [2.05, 4.69) is 0 Å². The number of hydrogen-bond donors (Lipinski definition) is 0. The van der Waals surface area contributed by atoms with Crippen molar-refractivity contribution in [2.24, 2.45) is 0 Å². The molecule has 0 fully saturated rings. The molecule has 0 saturated carbocycles. The molecule has 0 bridgehead atoms. The maximum atomic E-state index is 11.6. The third-order valence-electron chi connectivity index (χ3n) is 0.925. The zero-order valence-corrected chi connectivity index (χ0v) is 9.98. The molecule has 0 rings (SSSR count). The van der Waals surface area contributed by atoms with Crippen molar-refractivity contribution in [1.82, 2.24) is 0 Å². The maximum absolute atomic E-state index is 11.6. The van der Waals surface area contributed by atoms with E-state index in [1.54, 1.807) is 0 Å². The summed E-state index contributed by atoms with van der Waals surface area (Å²) in [5, 5.41) is 0. The summed E-state index contributed by atoms with van der Waals surface area (Å²) in [4.78, 5) is 0. The predicted molar refractivity (Wildman–Crippen MR) is 43.8 cm³/mol. The van der Waals surface area contributed by atoms with E-state index in [1.165, 1.54) is 0 Å². The van der Waals surface area contributed by atoms with Crippen LogP contribution in [0.2, 0.25) is 0 Å². The first-order valence-corrected chi connectivity index (χ1v) is 7.86. The smallest absolute Gasteiger partial charge is 0.225 e. The first kappa shape index (κ1) is 19.6. The molecule has 1 radical (unpaired) electrons. The van der Waals surface area contributed by atoms with Gasteiger partial charge in [-0.05, 0) is 0 Å². The van der Waals surface area contributed by atoms with Crippen molar-refractivity contribution in [3.63, 3.8) is 0 Å². The number of rotatable bonds is 2. The minimum atomic E-state index is -6.95. The van der Waals surface area contributed by atoms with E-state index in [0.717, 1.165) is 0 Å². The average Bonchev–Trinajstić information content (AvgIpc) is 1.98. The summed E-state index contributed by atoms with van der Waals surface area (Å²) >= 11 is 0. The molecule has 0 aliphatic heterocycles. The molecule has 0 atom stereocenters. The first-order valence-electron chi connectivity index (χ1n) is 2.71. The fourth-order valence-corrected chi connectivity index (χ4v) is 5.96. The topological polar surface area (TPSA) is 85.3 Å². The van der Waals surface area contributed by atoms with Crippen molar-refractivity contribution in [3.05, 3.63) is 0 Å². The van der Waals surface area contributed by atoms with Crippen molar-refractivity contribution < 1.29 is 47.4 Å². The van der Waals surface area contributed by atoms with Gasteiger partial charge in [-0.15, -0.1) is 0 Å². The largest absolute Gasteiger partial charge is 0.510 e. The number of halogens is 6. The Morgan fingerprint density at radius 3 is 1.00 bits per heavy atom. The third-order valence-corrected chi connectivity index (χ3v) is 9.28. The van der Waals surface area contributed by atoms with Gasteiger partial charge in [-0.1, -0.05) is 0 Å². The molecule has 15 heteroatoms. The molecule has 0 unspecified atom stereocenters. The summed E-state index contributed by atoms with van der Waals surface area (Å²) in [5.74, 6) is 0. The number of hydrogen-bond acceptors (Lipinski definition) is 5. The zero-order valence-electron chi connectivity index (χ0n) is 7.53. The van der Waals surface area contributed by atoms with Crippen molar-refractivity contribution in [1.29, 1.82) is 0 Å². The molecule has 17 heavy (non-hydrogen) atoms. The Morgan fingerprint density at radius 2 is 0.882 bits per heavy atom. The Kier molecular flexibility index (Phi) is 5.84. The molecule has 99 valence electrons. The summed E-state index contributed by atoms with van der Waals surface area (Å²) in [7, 11) is -19.1. The molecule has 0 aromatic rings. The quantitative estimate of drug-likeness (QED) is 0.408. The predicted octanol–water partition coefficient (Wildman–Crippen LogP) is 0.0535. The van der Waals surface area contributed by atoms with Crippen LogP contribution in [-0.2, 0) is 26.6 Å². The second kappa shape index (κ2) is 5.08. The summed E-state index contributed by atoms with van der Waals surface area (Å²) in [6.07, 6.45) is 0. The van der Waals surface area contributed by atoms with Crippen molar-refractivity contribution in [2.45, 2.75) is 11.0 Å². The molecule has 0 aromatic heterocycles. The van der Waals surface area contributed by atoms with Gasteiger partial charge in [-0.2, -0.15) is 26.3 Å². The van der Waals surface area contributed by atoms with Crippen LogP contribution < -0.4 is 0 Å². The maximum Gasteiger partial charge on any atom is 0.510 e. The Balaban J connectivity index is 0. The molecule has 0 aliphatic rings. The summed E-state index contributed by atoms with van der Waals surface area (Å²) in [5.41, 5.74) is -12.7. The van der Waals surface area contributed by atoms with Crippen LogP contribution in [0.15, 0.2) is 0 Å². The number of alkyl halides is 6. The minimum Gasteiger partial charge on any atom is -0.225 e. The van der Waals surface area contributed by atoms with Crippen molar-refractivity contribution in [3.8, 4) is 0 Å². The van der Waals surface area contributed by atoms with Crippen LogP contribution in [0.1, 0.15) is 0 Å². The summed E-state index contributed by atoms with van der Waals surface area (Å²) in [6.45, 7) is 0. The second-order valence-corrected chi connectivity index (χ2v) is 10.2. The van der Waals surface area contributed by atoms with E-state index >= 15 is 0 Å². The Bertz CT molecular complexity index is 451. The molecular formula is C2F6LiO5S3. The van der Waals surface area contributed by atoms with E-state index in [4.69, 9.17) is 0 Å². The monoisotopic (exact) mass is 321 g/mol. The second-order valence-electron chi connectivity index (χ2n) is 2.00. The molecule has 0 heterocycles. The van der Waals surface area contributed by atoms with Crippen molar-refractivity contribution >= 4 is 45.5 Å². The van der Waals surface area contributed by atoms with Crippen LogP contribution in [-0.4, -0.2) is 50.9 Å². The van der Waals surface area contributed by atoms with Gasteiger partial charge in [0, 0.05) is 18.9 Å². The Morgan fingerprint density at radius 1 is 0.706 bits per heavy atom. The fourth-order valence-electron chi connectivity index (χ4n) is 0.272. The van der Waals surface area contributed by atoms with Crippen LogP contribution in [0.4, 0.5) is 26.3 Å². The summed E-state index contributed by atoms with van der Waals surface area (Å²) < 4.78 is 120. The van der Waals surface area contributed by atoms with E-state index in [1.807, 2.05) is 0 Å². The minimum absolute atomic E-state index is 0. The molecule has 5 nitrogen and oxygen atoms in total. The molecular weight excluding hydrogens is 321 g/mol. The fraction of sp³-hybridized carbons (Fsp3) is 1.00. The van der Waals surface area contributed by atoms with Gasteiger partial charge in [0.05, 0.1) is 0 Å². The van der Waals surface area contributed by atoms with Crippen LogP contribution in [0.5, 0.6) is 0 Å². The molecule has 0 aliphatic carbocycles. The molecule has 0 amide bonds. The Labute approximate surface area is 104 Å². The average molecular weight is 321 g/mol. The van der Waals surface area contributed by atoms with Gasteiger partial charge in [0.15, 0.2) is 0 Å². The van der Waals surface area contributed by atoms with Gasteiger partial charge in [-0.3, -0.25) is 0 Å². The summed E-state index contributed by atoms with van der Waals surface area (Å²) in [6, 6.07) is 0. The van der Waals surface area contributed by atoms with E-state index < -0.39 is 37.6 Å².